The summed E-state index contributed by atoms with van der Waals surface area (Å²) in [5, 5.41) is 8.98. The Morgan fingerprint density at radius 1 is 1.50 bits per heavy atom. The lowest BCUT2D eigenvalue weighted by atomic mass is 10.1. The van der Waals surface area contributed by atoms with Crippen molar-refractivity contribution in [3.8, 4) is 6.07 Å². The average molecular weight is 220 g/mol. The molecule has 0 spiro atoms. The van der Waals surface area contributed by atoms with E-state index in [1.807, 2.05) is 4.90 Å². The van der Waals surface area contributed by atoms with Gasteiger partial charge in [0.25, 0.3) is 0 Å². The molecule has 0 aromatic rings. The maximum absolute atomic E-state index is 12.3. The fourth-order valence-corrected chi connectivity index (χ4v) is 3.26. The van der Waals surface area contributed by atoms with Crippen molar-refractivity contribution in [3.63, 3.8) is 0 Å². The molecule has 0 aromatic heterocycles. The Bertz CT molecular complexity index is 331. The van der Waals surface area contributed by atoms with Gasteiger partial charge in [-0.1, -0.05) is 20.8 Å². The largest absolute Gasteiger partial charge is 0.326 e. The molecule has 4 unspecified atom stereocenters. The molecule has 1 amide bonds. The number of amides is 1. The van der Waals surface area contributed by atoms with E-state index >= 15 is 0 Å². The molecule has 1 aliphatic carbocycles. The van der Waals surface area contributed by atoms with E-state index in [0.717, 1.165) is 19.4 Å². The van der Waals surface area contributed by atoms with E-state index < -0.39 is 0 Å². The van der Waals surface area contributed by atoms with Crippen LogP contribution in [-0.2, 0) is 4.79 Å². The highest BCUT2D eigenvalue weighted by Gasteiger charge is 2.54. The quantitative estimate of drug-likeness (QED) is 0.714. The first-order chi connectivity index (χ1) is 7.57. The highest BCUT2D eigenvalue weighted by Crippen LogP contribution is 2.51. The predicted octanol–water partition coefficient (Wildman–Crippen LogP) is 2.04. The molecule has 0 aromatic carbocycles. The van der Waals surface area contributed by atoms with E-state index in [1.54, 1.807) is 0 Å². The molecule has 2 rings (SSSR count). The number of hydrogen-bond acceptors (Lipinski definition) is 2. The van der Waals surface area contributed by atoms with Crippen molar-refractivity contribution in [2.24, 2.45) is 23.7 Å². The molecule has 1 aliphatic heterocycles. The van der Waals surface area contributed by atoms with Gasteiger partial charge in [0, 0.05) is 12.5 Å². The second-order valence-corrected chi connectivity index (χ2v) is 5.53. The summed E-state index contributed by atoms with van der Waals surface area (Å²) in [6, 6.07) is 2.08. The minimum absolute atomic E-state index is 0.159. The van der Waals surface area contributed by atoms with Crippen LogP contribution in [0.3, 0.4) is 0 Å². The Morgan fingerprint density at radius 2 is 2.19 bits per heavy atom. The lowest BCUT2D eigenvalue weighted by molar-refractivity contribution is -0.133. The first-order valence-electron chi connectivity index (χ1n) is 6.28. The maximum atomic E-state index is 12.3. The molecule has 3 nitrogen and oxygen atoms in total. The number of carbonyl (C=O) groups is 1. The number of rotatable bonds is 2. The van der Waals surface area contributed by atoms with E-state index in [4.69, 9.17) is 5.26 Å². The van der Waals surface area contributed by atoms with Crippen LogP contribution in [0.5, 0.6) is 0 Å². The van der Waals surface area contributed by atoms with Gasteiger partial charge in [-0.05, 0) is 30.6 Å². The van der Waals surface area contributed by atoms with Gasteiger partial charge in [-0.15, -0.1) is 0 Å². The van der Waals surface area contributed by atoms with E-state index in [9.17, 15) is 4.79 Å². The van der Waals surface area contributed by atoms with Crippen LogP contribution in [0.4, 0.5) is 0 Å². The van der Waals surface area contributed by atoms with E-state index in [2.05, 4.69) is 26.8 Å². The molecule has 2 aliphatic rings. The summed E-state index contributed by atoms with van der Waals surface area (Å²) in [4.78, 5) is 14.1. The maximum Gasteiger partial charge on any atom is 0.227 e. The van der Waals surface area contributed by atoms with Gasteiger partial charge >= 0.3 is 0 Å². The first-order valence-corrected chi connectivity index (χ1v) is 6.28. The lowest BCUT2D eigenvalue weighted by Crippen LogP contribution is -2.36. The van der Waals surface area contributed by atoms with Crippen molar-refractivity contribution >= 4 is 5.91 Å². The minimum Gasteiger partial charge on any atom is -0.326 e. The topological polar surface area (TPSA) is 44.1 Å². The van der Waals surface area contributed by atoms with Crippen molar-refractivity contribution in [3.05, 3.63) is 0 Å². The number of carbonyl (C=O) groups excluding carboxylic acids is 1. The smallest absolute Gasteiger partial charge is 0.227 e. The molecule has 3 heteroatoms. The number of nitriles is 1. The standard InChI is InChI=1S/C13H20N2O/c1-8(2)11-9(3)12(11)13(16)15-6-4-5-10(15)7-14/h8-12H,4-6H2,1-3H3. The predicted molar refractivity (Wildman–Crippen MR) is 61.3 cm³/mol. The third-order valence-electron chi connectivity index (χ3n) is 4.19. The number of nitrogens with zero attached hydrogens (tertiary/aromatic N) is 2. The third-order valence-corrected chi connectivity index (χ3v) is 4.19. The highest BCUT2D eigenvalue weighted by molar-refractivity contribution is 5.83. The molecular weight excluding hydrogens is 200 g/mol. The zero-order valence-corrected chi connectivity index (χ0v) is 10.3. The minimum atomic E-state index is -0.159. The van der Waals surface area contributed by atoms with Crippen molar-refractivity contribution in [1.82, 2.24) is 4.90 Å². The molecule has 1 heterocycles. The highest BCUT2D eigenvalue weighted by atomic mass is 16.2. The van der Waals surface area contributed by atoms with Gasteiger partial charge in [0.1, 0.15) is 6.04 Å². The third kappa shape index (κ3) is 1.71. The summed E-state index contributed by atoms with van der Waals surface area (Å²) in [6.07, 6.45) is 1.84. The van der Waals surface area contributed by atoms with Gasteiger partial charge in [-0.25, -0.2) is 0 Å². The normalized spacial score (nSPS) is 37.6. The molecule has 0 bridgehead atoms. The fraction of sp³-hybridized carbons (Fsp3) is 0.846. The van der Waals surface area contributed by atoms with Gasteiger partial charge in [0.05, 0.1) is 6.07 Å². The van der Waals surface area contributed by atoms with Crippen LogP contribution in [0.2, 0.25) is 0 Å². The van der Waals surface area contributed by atoms with Crippen LogP contribution >= 0.6 is 0 Å². The number of likely N-dealkylation sites (tertiary alicyclic amines) is 1. The molecular formula is C13H20N2O. The zero-order chi connectivity index (χ0) is 11.9. The SMILES string of the molecule is CC(C)C1C(C)C1C(=O)N1CCCC1C#N. The number of hydrogen-bond donors (Lipinski definition) is 0. The molecule has 2 fully saturated rings. The van der Waals surface area contributed by atoms with E-state index in [0.29, 0.717) is 17.8 Å². The van der Waals surface area contributed by atoms with Crippen LogP contribution in [-0.4, -0.2) is 23.4 Å². The Kier molecular flexibility index (Phi) is 2.92. The summed E-state index contributed by atoms with van der Waals surface area (Å²) in [5.41, 5.74) is 0. The summed E-state index contributed by atoms with van der Waals surface area (Å²) < 4.78 is 0. The fourth-order valence-electron chi connectivity index (χ4n) is 3.26. The monoisotopic (exact) mass is 220 g/mol. The summed E-state index contributed by atoms with van der Waals surface area (Å²) in [6.45, 7) is 7.30. The van der Waals surface area contributed by atoms with Crippen molar-refractivity contribution < 1.29 is 4.79 Å². The summed E-state index contributed by atoms with van der Waals surface area (Å²) >= 11 is 0. The molecule has 1 saturated heterocycles. The van der Waals surface area contributed by atoms with Gasteiger partial charge in [0.2, 0.25) is 5.91 Å². The van der Waals surface area contributed by atoms with Crippen LogP contribution in [0, 0.1) is 35.0 Å². The van der Waals surface area contributed by atoms with E-state index in [1.165, 1.54) is 0 Å². The molecule has 16 heavy (non-hydrogen) atoms. The Morgan fingerprint density at radius 3 is 2.69 bits per heavy atom. The van der Waals surface area contributed by atoms with Crippen LogP contribution < -0.4 is 0 Å². The second-order valence-electron chi connectivity index (χ2n) is 5.53. The molecule has 0 N–H and O–H groups in total. The van der Waals surface area contributed by atoms with Gasteiger partial charge in [0.15, 0.2) is 0 Å². The molecule has 88 valence electrons. The van der Waals surface area contributed by atoms with Crippen LogP contribution in [0.25, 0.3) is 0 Å². The average Bonchev–Trinajstić information content (AvgIpc) is 2.74. The zero-order valence-electron chi connectivity index (χ0n) is 10.3. The lowest BCUT2D eigenvalue weighted by Gasteiger charge is -2.19. The van der Waals surface area contributed by atoms with Crippen molar-refractivity contribution in [1.29, 1.82) is 5.26 Å². The van der Waals surface area contributed by atoms with Crippen molar-refractivity contribution in [2.75, 3.05) is 6.54 Å². The summed E-state index contributed by atoms with van der Waals surface area (Å²) in [5.74, 6) is 2.04. The molecule has 1 saturated carbocycles. The summed E-state index contributed by atoms with van der Waals surface area (Å²) in [7, 11) is 0. The Balaban J connectivity index is 2.02. The molecule has 0 radical (unpaired) electrons. The van der Waals surface area contributed by atoms with Gasteiger partial charge < -0.3 is 4.90 Å². The van der Waals surface area contributed by atoms with E-state index in [-0.39, 0.29) is 17.9 Å². The Labute approximate surface area is 97.4 Å². The second kappa shape index (κ2) is 4.08. The van der Waals surface area contributed by atoms with Crippen LogP contribution in [0.15, 0.2) is 0 Å². The Hall–Kier alpha value is -1.04. The van der Waals surface area contributed by atoms with Gasteiger partial charge in [-0.2, -0.15) is 5.26 Å². The van der Waals surface area contributed by atoms with Gasteiger partial charge in [-0.3, -0.25) is 4.79 Å². The molecule has 4 atom stereocenters. The first kappa shape index (κ1) is 11.4. The van der Waals surface area contributed by atoms with Crippen molar-refractivity contribution in [2.45, 2.75) is 39.7 Å². The van der Waals surface area contributed by atoms with Crippen LogP contribution in [0.1, 0.15) is 33.6 Å².